The van der Waals surface area contributed by atoms with Crippen molar-refractivity contribution < 1.29 is 35.1 Å². The number of hydrogen-bond acceptors (Lipinski definition) is 13. The van der Waals surface area contributed by atoms with Gasteiger partial charge < -0.3 is 30.3 Å². The maximum absolute atomic E-state index is 13.0. The Kier molecular flexibility index (Phi) is 6.42. The van der Waals surface area contributed by atoms with Crippen LogP contribution >= 0.6 is 22.7 Å². The minimum atomic E-state index is -2.30. The lowest BCUT2D eigenvalue weighted by Gasteiger charge is -2.45. The lowest BCUT2D eigenvalue weighted by Crippen LogP contribution is -2.65. The molecule has 0 amide bonds. The second kappa shape index (κ2) is 8.96. The maximum atomic E-state index is 13.0. The number of hydrogen-bond donors (Lipinski definition) is 5. The molecule has 5 N–H and O–H groups in total. The summed E-state index contributed by atoms with van der Waals surface area (Å²) in [5, 5.41) is 50.9. The van der Waals surface area contributed by atoms with Crippen molar-refractivity contribution in [2.24, 2.45) is 0 Å². The molecule has 1 fully saturated rings. The van der Waals surface area contributed by atoms with Gasteiger partial charge >= 0.3 is 0 Å². The van der Waals surface area contributed by atoms with E-state index >= 15 is 0 Å². The summed E-state index contributed by atoms with van der Waals surface area (Å²) < 4.78 is 5.25. The number of carbonyl (C=O) groups is 1. The average molecular weight is 481 g/mol. The van der Waals surface area contributed by atoms with Crippen molar-refractivity contribution in [2.75, 3.05) is 6.61 Å². The molecule has 13 heteroatoms. The molecule has 0 saturated carbocycles. The van der Waals surface area contributed by atoms with Gasteiger partial charge in [0.15, 0.2) is 0 Å². The molecule has 170 valence electrons. The van der Waals surface area contributed by atoms with Gasteiger partial charge in [-0.2, -0.15) is 0 Å². The summed E-state index contributed by atoms with van der Waals surface area (Å²) in [6, 6.07) is 0. The number of carbonyl (C=O) groups excluding carboxylic acids is 1. The highest BCUT2D eigenvalue weighted by Gasteiger charge is 2.52. The molecule has 0 aromatic carbocycles. The van der Waals surface area contributed by atoms with Crippen LogP contribution in [0.25, 0.3) is 10.7 Å². The van der Waals surface area contributed by atoms with E-state index in [4.69, 9.17) is 4.74 Å². The van der Waals surface area contributed by atoms with E-state index in [1.165, 1.54) is 29.9 Å². The number of aliphatic hydroxyl groups excluding tert-OH is 4. The summed E-state index contributed by atoms with van der Waals surface area (Å²) in [6.45, 7) is 1.04. The topological polar surface area (TPSA) is 179 Å². The maximum Gasteiger partial charge on any atom is 0.216 e. The highest BCUT2D eigenvalue weighted by Crippen LogP contribution is 2.33. The van der Waals surface area contributed by atoms with Crippen LogP contribution in [0.15, 0.2) is 24.8 Å². The van der Waals surface area contributed by atoms with Crippen molar-refractivity contribution in [1.82, 2.24) is 19.9 Å². The first kappa shape index (κ1) is 22.9. The van der Waals surface area contributed by atoms with Gasteiger partial charge in [-0.3, -0.25) is 14.8 Å². The molecule has 3 aromatic heterocycles. The first-order valence-corrected chi connectivity index (χ1v) is 11.1. The lowest BCUT2D eigenvalue weighted by atomic mass is 9.91. The monoisotopic (exact) mass is 480 g/mol. The number of aliphatic hydroxyl groups is 5. The van der Waals surface area contributed by atoms with E-state index in [1.807, 2.05) is 0 Å². The number of aromatic nitrogens is 4. The Morgan fingerprint density at radius 2 is 1.94 bits per heavy atom. The lowest BCUT2D eigenvalue weighted by molar-refractivity contribution is -0.348. The summed E-state index contributed by atoms with van der Waals surface area (Å²) >= 11 is 2.16. The predicted octanol–water partition coefficient (Wildman–Crippen LogP) is -0.699. The zero-order chi connectivity index (χ0) is 23.0. The Labute approximate surface area is 189 Å². The number of thiazole rings is 2. The summed E-state index contributed by atoms with van der Waals surface area (Å²) in [5.41, 5.74) is 1.08. The molecule has 32 heavy (non-hydrogen) atoms. The van der Waals surface area contributed by atoms with Gasteiger partial charge in [-0.05, 0) is 6.92 Å². The van der Waals surface area contributed by atoms with Gasteiger partial charge in [0.1, 0.15) is 35.1 Å². The molecule has 0 unspecified atom stereocenters. The third-order valence-corrected chi connectivity index (χ3v) is 7.19. The van der Waals surface area contributed by atoms with E-state index in [2.05, 4.69) is 19.9 Å². The third kappa shape index (κ3) is 4.21. The Hall–Kier alpha value is -2.23. The number of ether oxygens (including phenoxy) is 1. The average Bonchev–Trinajstić information content (AvgIpc) is 3.42. The first-order valence-electron chi connectivity index (χ1n) is 9.52. The second-order valence-electron chi connectivity index (χ2n) is 7.26. The standard InChI is InChI=1S/C19H20N4O7S2/c1-8-16(32-18(23-8)9-5-20-2-3-21-9)14(26)11-6-22-12(31-11)4-19(29)17(28)15(27)13(25)10(7-24)30-19/h2-3,5-6,10,13,15,17,24-25,27-29H,4,7H2,1H3/t10-,13-,15+,17+,19-/m1/s1. The number of aryl methyl sites for hydroxylation is 1. The van der Waals surface area contributed by atoms with Crippen molar-refractivity contribution in [3.8, 4) is 10.7 Å². The molecular formula is C19H20N4O7S2. The minimum Gasteiger partial charge on any atom is -0.394 e. The zero-order valence-corrected chi connectivity index (χ0v) is 18.3. The Balaban J connectivity index is 1.54. The molecule has 5 atom stereocenters. The van der Waals surface area contributed by atoms with E-state index in [-0.39, 0.29) is 22.1 Å². The van der Waals surface area contributed by atoms with Crippen LogP contribution < -0.4 is 0 Å². The van der Waals surface area contributed by atoms with Gasteiger partial charge in [0.05, 0.1) is 39.7 Å². The zero-order valence-electron chi connectivity index (χ0n) is 16.7. The number of ketones is 1. The highest BCUT2D eigenvalue weighted by atomic mass is 32.1. The van der Waals surface area contributed by atoms with Crippen LogP contribution in [-0.2, 0) is 11.2 Å². The van der Waals surface area contributed by atoms with Crippen LogP contribution in [0.2, 0.25) is 0 Å². The fourth-order valence-electron chi connectivity index (χ4n) is 3.32. The van der Waals surface area contributed by atoms with E-state index in [0.29, 0.717) is 21.3 Å². The smallest absolute Gasteiger partial charge is 0.216 e. The Morgan fingerprint density at radius 1 is 1.16 bits per heavy atom. The fourth-order valence-corrected chi connectivity index (χ4v) is 5.30. The second-order valence-corrected chi connectivity index (χ2v) is 9.37. The van der Waals surface area contributed by atoms with Crippen molar-refractivity contribution in [3.05, 3.63) is 45.2 Å². The van der Waals surface area contributed by atoms with Crippen LogP contribution in [-0.4, -0.2) is 88.1 Å². The van der Waals surface area contributed by atoms with E-state index in [1.54, 1.807) is 13.1 Å². The Bertz CT molecular complexity index is 1110. The van der Waals surface area contributed by atoms with Crippen molar-refractivity contribution >= 4 is 28.5 Å². The van der Waals surface area contributed by atoms with Crippen LogP contribution in [0.4, 0.5) is 0 Å². The molecule has 3 aromatic rings. The molecule has 4 rings (SSSR count). The largest absolute Gasteiger partial charge is 0.394 e. The fraction of sp³-hybridized carbons (Fsp3) is 0.421. The quantitative estimate of drug-likeness (QED) is 0.282. The van der Waals surface area contributed by atoms with Crippen LogP contribution in [0.1, 0.15) is 25.3 Å². The van der Waals surface area contributed by atoms with Crippen molar-refractivity contribution in [3.63, 3.8) is 0 Å². The molecule has 1 aliphatic heterocycles. The summed E-state index contributed by atoms with van der Waals surface area (Å²) in [6.07, 6.45) is -0.826. The molecule has 0 radical (unpaired) electrons. The molecule has 4 heterocycles. The Morgan fingerprint density at radius 3 is 2.62 bits per heavy atom. The van der Waals surface area contributed by atoms with Crippen LogP contribution in [0, 0.1) is 6.92 Å². The van der Waals surface area contributed by atoms with Crippen LogP contribution in [0.5, 0.6) is 0 Å². The predicted molar refractivity (Wildman–Crippen MR) is 112 cm³/mol. The third-order valence-electron chi connectivity index (χ3n) is 5.02. The molecule has 11 nitrogen and oxygen atoms in total. The normalized spacial score (nSPS) is 28.1. The van der Waals surface area contributed by atoms with Gasteiger partial charge in [-0.15, -0.1) is 22.7 Å². The number of rotatable bonds is 6. The van der Waals surface area contributed by atoms with E-state index < -0.39 is 36.8 Å². The molecule has 1 aliphatic rings. The van der Waals surface area contributed by atoms with Gasteiger partial charge in [0.2, 0.25) is 11.6 Å². The molecule has 0 spiro atoms. The molecule has 0 aliphatic carbocycles. The van der Waals surface area contributed by atoms with Gasteiger partial charge in [0, 0.05) is 18.6 Å². The summed E-state index contributed by atoms with van der Waals surface area (Å²) in [5.74, 6) is -2.61. The number of nitrogens with zero attached hydrogens (tertiary/aromatic N) is 4. The van der Waals surface area contributed by atoms with Gasteiger partial charge in [-0.25, -0.2) is 9.97 Å². The molecular weight excluding hydrogens is 460 g/mol. The van der Waals surface area contributed by atoms with Gasteiger partial charge in [-0.1, -0.05) is 0 Å². The first-order chi connectivity index (χ1) is 15.2. The highest BCUT2D eigenvalue weighted by molar-refractivity contribution is 7.19. The van der Waals surface area contributed by atoms with E-state index in [0.717, 1.165) is 11.3 Å². The summed E-state index contributed by atoms with van der Waals surface area (Å²) in [7, 11) is 0. The molecule has 1 saturated heterocycles. The van der Waals surface area contributed by atoms with Gasteiger partial charge in [0.25, 0.3) is 0 Å². The van der Waals surface area contributed by atoms with Crippen molar-refractivity contribution in [2.45, 2.75) is 43.5 Å². The van der Waals surface area contributed by atoms with Crippen molar-refractivity contribution in [1.29, 1.82) is 0 Å². The minimum absolute atomic E-state index is 0.256. The molecule has 0 bridgehead atoms. The van der Waals surface area contributed by atoms with Crippen LogP contribution in [0.3, 0.4) is 0 Å². The summed E-state index contributed by atoms with van der Waals surface area (Å²) in [4.78, 5) is 30.4. The SMILES string of the molecule is Cc1nc(-c2cnccn2)sc1C(=O)c1cnc(C[C@@]2(O)O[C@H](CO)[C@@H](O)[C@H](O)[C@@H]2O)s1. The van der Waals surface area contributed by atoms with E-state index in [9.17, 15) is 30.3 Å².